The molecule has 2 aromatic heterocycles. The zero-order chi connectivity index (χ0) is 25.8. The van der Waals surface area contributed by atoms with Crippen molar-refractivity contribution in [2.75, 3.05) is 11.6 Å². The van der Waals surface area contributed by atoms with Crippen molar-refractivity contribution in [1.29, 1.82) is 0 Å². The number of allylic oxidation sites excluding steroid dienone is 2. The molecule has 0 aliphatic heterocycles. The van der Waals surface area contributed by atoms with E-state index in [0.29, 0.717) is 34.8 Å². The summed E-state index contributed by atoms with van der Waals surface area (Å²) in [5.41, 5.74) is -3.95. The van der Waals surface area contributed by atoms with Crippen molar-refractivity contribution in [2.24, 2.45) is 0 Å². The molecule has 3 rings (SSSR count). The normalized spacial score (nSPS) is 12.5. The van der Waals surface area contributed by atoms with Gasteiger partial charge in [-0.05, 0) is 42.3 Å². The molecule has 0 unspecified atom stereocenters. The molecule has 184 valence electrons. The predicted molar refractivity (Wildman–Crippen MR) is 119 cm³/mol. The van der Waals surface area contributed by atoms with E-state index in [1.165, 1.54) is 17.8 Å². The minimum Gasteiger partial charge on any atom is -0.322 e. The highest BCUT2D eigenvalue weighted by Gasteiger charge is 2.38. The molecular formula is C20H14F6N6OS2. The van der Waals surface area contributed by atoms with Crippen LogP contribution in [-0.4, -0.2) is 37.3 Å². The summed E-state index contributed by atoms with van der Waals surface area (Å²) in [6, 6.07) is 3.48. The molecule has 2 N–H and O–H groups in total. The molecule has 0 spiro atoms. The number of benzene rings is 1. The largest absolute Gasteiger partial charge is 0.434 e. The van der Waals surface area contributed by atoms with Gasteiger partial charge in [0, 0.05) is 11.9 Å². The number of carbonyl (C=O) groups is 1. The van der Waals surface area contributed by atoms with Gasteiger partial charge in [0.2, 0.25) is 5.16 Å². The number of hydrogen-bond donors (Lipinski definition) is 2. The molecule has 0 radical (unpaired) electrons. The number of anilines is 1. The second-order valence-corrected chi connectivity index (χ2v) is 8.27. The standard InChI is InChI=1S/C20H14F6N6OS2/c1-3-5-13(34-2)15-30-18(32-31-15)35-17-27-9-12(14(29-17)20(24,25)26)16(33)28-11-7-4-6-10(8-11)19(21,22)23/h3-9H,1H2,2H3,(H,28,33)(H,30,31,32)/b13-5-. The number of amides is 1. The molecule has 7 nitrogen and oxygen atoms in total. The Morgan fingerprint density at radius 2 is 1.86 bits per heavy atom. The van der Waals surface area contributed by atoms with Crippen LogP contribution in [0.2, 0.25) is 0 Å². The number of aromatic amines is 1. The Hall–Kier alpha value is -3.33. The number of nitrogens with zero attached hydrogens (tertiary/aromatic N) is 4. The van der Waals surface area contributed by atoms with E-state index in [1.54, 1.807) is 12.3 Å². The lowest BCUT2D eigenvalue weighted by Crippen LogP contribution is -2.21. The highest BCUT2D eigenvalue weighted by molar-refractivity contribution is 8.07. The average molecular weight is 532 g/mol. The summed E-state index contributed by atoms with van der Waals surface area (Å²) in [6.07, 6.45) is -4.13. The Bertz CT molecular complexity index is 1270. The minimum absolute atomic E-state index is 0.0262. The summed E-state index contributed by atoms with van der Waals surface area (Å²) in [5.74, 6) is -0.972. The van der Waals surface area contributed by atoms with Crippen LogP contribution in [0.3, 0.4) is 0 Å². The van der Waals surface area contributed by atoms with Crippen molar-refractivity contribution in [2.45, 2.75) is 22.7 Å². The zero-order valence-corrected chi connectivity index (χ0v) is 19.2. The molecular weight excluding hydrogens is 518 g/mol. The van der Waals surface area contributed by atoms with Crippen molar-refractivity contribution >= 4 is 40.0 Å². The Kier molecular flexibility index (Phi) is 7.90. The van der Waals surface area contributed by atoms with Crippen LogP contribution in [0.15, 0.2) is 59.5 Å². The number of thioether (sulfide) groups is 1. The van der Waals surface area contributed by atoms with Gasteiger partial charge in [0.05, 0.1) is 16.0 Å². The Morgan fingerprint density at radius 1 is 1.11 bits per heavy atom. The van der Waals surface area contributed by atoms with Crippen LogP contribution in [0.5, 0.6) is 0 Å². The van der Waals surface area contributed by atoms with Crippen molar-refractivity contribution in [3.05, 3.63) is 71.8 Å². The Labute approximate surface area is 202 Å². The van der Waals surface area contributed by atoms with Crippen molar-refractivity contribution in [3.8, 4) is 0 Å². The van der Waals surface area contributed by atoms with E-state index in [-0.39, 0.29) is 10.8 Å². The number of hydrogen-bond acceptors (Lipinski definition) is 7. The lowest BCUT2D eigenvalue weighted by atomic mass is 10.1. The molecule has 0 atom stereocenters. The first-order valence-corrected chi connectivity index (χ1v) is 11.4. The molecule has 2 heterocycles. The summed E-state index contributed by atoms with van der Waals surface area (Å²) in [7, 11) is 0. The summed E-state index contributed by atoms with van der Waals surface area (Å²) >= 11 is 1.96. The topological polar surface area (TPSA) is 96.5 Å². The fourth-order valence-electron chi connectivity index (χ4n) is 2.60. The molecule has 15 heteroatoms. The average Bonchev–Trinajstić information content (AvgIpc) is 3.24. The van der Waals surface area contributed by atoms with Crippen LogP contribution in [-0.2, 0) is 12.4 Å². The molecule has 0 bridgehead atoms. The number of rotatable bonds is 7. The molecule has 0 aliphatic rings. The first-order chi connectivity index (χ1) is 16.4. The first kappa shape index (κ1) is 26.3. The van der Waals surface area contributed by atoms with Gasteiger partial charge in [-0.3, -0.25) is 9.89 Å². The van der Waals surface area contributed by atoms with Gasteiger partial charge < -0.3 is 5.32 Å². The van der Waals surface area contributed by atoms with Crippen molar-refractivity contribution in [1.82, 2.24) is 25.1 Å². The van der Waals surface area contributed by atoms with Crippen molar-refractivity contribution < 1.29 is 31.1 Å². The van der Waals surface area contributed by atoms with E-state index < -0.39 is 40.2 Å². The highest BCUT2D eigenvalue weighted by Crippen LogP contribution is 2.34. The third-order valence-corrected chi connectivity index (χ3v) is 5.61. The van der Waals surface area contributed by atoms with E-state index in [4.69, 9.17) is 0 Å². The summed E-state index contributed by atoms with van der Waals surface area (Å²) in [4.78, 5) is 24.5. The molecule has 3 aromatic rings. The fraction of sp³-hybridized carbons (Fsp3) is 0.150. The van der Waals surface area contributed by atoms with E-state index in [1.807, 2.05) is 5.32 Å². The number of alkyl halides is 6. The number of halogens is 6. The first-order valence-electron chi connectivity index (χ1n) is 9.32. The van der Waals surface area contributed by atoms with Crippen LogP contribution in [0.4, 0.5) is 32.0 Å². The number of H-pyrrole nitrogens is 1. The van der Waals surface area contributed by atoms with Crippen molar-refractivity contribution in [3.63, 3.8) is 0 Å². The van der Waals surface area contributed by atoms with E-state index in [9.17, 15) is 31.1 Å². The predicted octanol–water partition coefficient (Wildman–Crippen LogP) is 5.93. The SMILES string of the molecule is C=C/C=C(\SC)c1nc(Sc2ncc(C(=O)Nc3cccc(C(F)(F)F)c3)c(C(F)(F)F)n2)n[nH]1. The Morgan fingerprint density at radius 3 is 2.49 bits per heavy atom. The molecule has 0 fully saturated rings. The van der Waals surface area contributed by atoms with E-state index >= 15 is 0 Å². The fourth-order valence-corrected chi connectivity index (χ4v) is 3.75. The van der Waals surface area contributed by atoms with Gasteiger partial charge >= 0.3 is 12.4 Å². The van der Waals surface area contributed by atoms with Crippen LogP contribution in [0.25, 0.3) is 4.91 Å². The zero-order valence-electron chi connectivity index (χ0n) is 17.5. The lowest BCUT2D eigenvalue weighted by Gasteiger charge is -2.13. The van der Waals surface area contributed by atoms with Gasteiger partial charge in [0.1, 0.15) is 0 Å². The summed E-state index contributed by atoms with van der Waals surface area (Å²) in [6.45, 7) is 3.58. The van der Waals surface area contributed by atoms with Crippen LogP contribution >= 0.6 is 23.5 Å². The maximum Gasteiger partial charge on any atom is 0.434 e. The van der Waals surface area contributed by atoms with Crippen LogP contribution < -0.4 is 5.32 Å². The summed E-state index contributed by atoms with van der Waals surface area (Å²) < 4.78 is 79.5. The number of carbonyl (C=O) groups excluding carboxylic acids is 1. The smallest absolute Gasteiger partial charge is 0.322 e. The van der Waals surface area contributed by atoms with Gasteiger partial charge in [0.15, 0.2) is 16.7 Å². The van der Waals surface area contributed by atoms with E-state index in [0.717, 1.165) is 18.2 Å². The third kappa shape index (κ3) is 6.63. The quantitative estimate of drug-likeness (QED) is 0.221. The second-order valence-electron chi connectivity index (χ2n) is 6.48. The number of aromatic nitrogens is 5. The maximum absolute atomic E-state index is 13.6. The molecule has 0 saturated heterocycles. The van der Waals surface area contributed by atoms with Gasteiger partial charge in [-0.25, -0.2) is 15.0 Å². The molecule has 0 aliphatic carbocycles. The van der Waals surface area contributed by atoms with Crippen LogP contribution in [0.1, 0.15) is 27.4 Å². The highest BCUT2D eigenvalue weighted by atomic mass is 32.2. The van der Waals surface area contributed by atoms with Gasteiger partial charge in [-0.1, -0.05) is 18.7 Å². The lowest BCUT2D eigenvalue weighted by molar-refractivity contribution is -0.142. The maximum atomic E-state index is 13.6. The molecule has 1 amide bonds. The van der Waals surface area contributed by atoms with Gasteiger partial charge in [-0.2, -0.15) is 26.3 Å². The molecule has 35 heavy (non-hydrogen) atoms. The third-order valence-electron chi connectivity index (χ3n) is 4.10. The minimum atomic E-state index is -5.05. The molecule has 1 aromatic carbocycles. The van der Waals surface area contributed by atoms with Gasteiger partial charge in [0.25, 0.3) is 5.91 Å². The summed E-state index contributed by atoms with van der Waals surface area (Å²) in [5, 5.41) is 8.19. The Balaban J connectivity index is 1.87. The van der Waals surface area contributed by atoms with Gasteiger partial charge in [-0.15, -0.1) is 16.9 Å². The molecule has 0 saturated carbocycles. The van der Waals surface area contributed by atoms with E-state index in [2.05, 4.69) is 31.7 Å². The number of nitrogens with one attached hydrogen (secondary N) is 2. The van der Waals surface area contributed by atoms with Crippen LogP contribution in [0, 0.1) is 0 Å². The second kappa shape index (κ2) is 10.5. The monoisotopic (exact) mass is 532 g/mol.